The summed E-state index contributed by atoms with van der Waals surface area (Å²) < 4.78 is 16.9. The Morgan fingerprint density at radius 3 is 2.27 bits per heavy atom. The molecule has 0 aliphatic carbocycles. The average Bonchev–Trinajstić information content (AvgIpc) is 2.68. The van der Waals surface area contributed by atoms with Crippen LogP contribution in [-0.4, -0.2) is 38.1 Å². The van der Waals surface area contributed by atoms with Crippen molar-refractivity contribution >= 4 is 10.8 Å². The lowest BCUT2D eigenvalue weighted by molar-refractivity contribution is -0.000852. The number of unbranched alkanes of at least 4 members (excludes halogenated alkanes) is 1. The third-order valence-corrected chi connectivity index (χ3v) is 4.70. The van der Waals surface area contributed by atoms with Gasteiger partial charge in [-0.05, 0) is 24.5 Å². The first-order chi connectivity index (χ1) is 12.7. The van der Waals surface area contributed by atoms with Crippen LogP contribution in [0.2, 0.25) is 0 Å². The molecule has 2 aromatic rings. The Morgan fingerprint density at radius 2 is 1.62 bits per heavy atom. The number of aliphatic hydroxyl groups excluding tert-OH is 1. The molecule has 0 radical (unpaired) electrons. The molecule has 1 N–H and O–H groups in total. The lowest BCUT2D eigenvalue weighted by Crippen LogP contribution is -2.25. The predicted molar refractivity (Wildman–Crippen MR) is 106 cm³/mol. The van der Waals surface area contributed by atoms with Crippen LogP contribution in [0, 0.1) is 5.92 Å². The minimum atomic E-state index is -0.639. The number of fused-ring (bicyclic) bond motifs is 1. The van der Waals surface area contributed by atoms with Gasteiger partial charge in [0.15, 0.2) is 0 Å². The molecule has 4 nitrogen and oxygen atoms in total. The fourth-order valence-electron chi connectivity index (χ4n) is 3.05. The van der Waals surface area contributed by atoms with E-state index in [-0.39, 0.29) is 6.61 Å². The molecule has 0 saturated heterocycles. The molecule has 0 aromatic heterocycles. The lowest BCUT2D eigenvalue weighted by atomic mass is 10.0. The van der Waals surface area contributed by atoms with Gasteiger partial charge in [0.25, 0.3) is 0 Å². The Labute approximate surface area is 157 Å². The molecule has 0 spiro atoms. The van der Waals surface area contributed by atoms with Gasteiger partial charge >= 0.3 is 0 Å². The molecule has 0 saturated carbocycles. The monoisotopic (exact) mass is 360 g/mol. The van der Waals surface area contributed by atoms with E-state index in [1.165, 1.54) is 19.3 Å². The van der Waals surface area contributed by atoms with E-state index in [2.05, 4.69) is 13.8 Å². The van der Waals surface area contributed by atoms with Gasteiger partial charge in [0, 0.05) is 17.4 Å². The van der Waals surface area contributed by atoms with E-state index >= 15 is 0 Å². The molecule has 0 aliphatic rings. The van der Waals surface area contributed by atoms with Crippen LogP contribution < -0.4 is 9.47 Å². The van der Waals surface area contributed by atoms with E-state index in [0.29, 0.717) is 19.1 Å². The van der Waals surface area contributed by atoms with Crippen molar-refractivity contribution in [3.8, 4) is 11.5 Å². The highest BCUT2D eigenvalue weighted by molar-refractivity contribution is 5.93. The summed E-state index contributed by atoms with van der Waals surface area (Å²) in [5.41, 5.74) is 0. The maximum atomic E-state index is 10.2. The summed E-state index contributed by atoms with van der Waals surface area (Å²) in [7, 11) is 1.66. The van der Waals surface area contributed by atoms with Crippen molar-refractivity contribution in [2.75, 3.05) is 26.9 Å². The molecule has 0 bridgehead atoms. The van der Waals surface area contributed by atoms with Crippen LogP contribution in [0.5, 0.6) is 11.5 Å². The van der Waals surface area contributed by atoms with Crippen LogP contribution >= 0.6 is 0 Å². The standard InChI is InChI=1S/C22H32O4/c1-4-6-9-17(5-2)14-25-15-18(23)16-26-22-13-12-21(24-3)19-10-7-8-11-20(19)22/h7-8,10-13,17-18,23H,4-6,9,14-16H2,1-3H3. The highest BCUT2D eigenvalue weighted by atomic mass is 16.5. The Bertz CT molecular complexity index is 656. The third kappa shape index (κ3) is 5.89. The smallest absolute Gasteiger partial charge is 0.127 e. The molecular formula is C22H32O4. The Kier molecular flexibility index (Phi) is 8.72. The Morgan fingerprint density at radius 1 is 0.923 bits per heavy atom. The van der Waals surface area contributed by atoms with Crippen LogP contribution in [0.1, 0.15) is 39.5 Å². The maximum Gasteiger partial charge on any atom is 0.127 e. The van der Waals surface area contributed by atoms with Gasteiger partial charge in [0.2, 0.25) is 0 Å². The highest BCUT2D eigenvalue weighted by Gasteiger charge is 2.12. The summed E-state index contributed by atoms with van der Waals surface area (Å²) in [6, 6.07) is 11.7. The van der Waals surface area contributed by atoms with E-state index in [0.717, 1.165) is 28.7 Å². The largest absolute Gasteiger partial charge is 0.496 e. The number of aliphatic hydroxyl groups is 1. The van der Waals surface area contributed by atoms with Crippen LogP contribution in [0.25, 0.3) is 10.8 Å². The van der Waals surface area contributed by atoms with Gasteiger partial charge in [-0.2, -0.15) is 0 Å². The molecule has 144 valence electrons. The summed E-state index contributed by atoms with van der Waals surface area (Å²) in [4.78, 5) is 0. The van der Waals surface area contributed by atoms with Crippen LogP contribution in [-0.2, 0) is 4.74 Å². The number of methoxy groups -OCH3 is 1. The first-order valence-corrected chi connectivity index (χ1v) is 9.63. The fourth-order valence-corrected chi connectivity index (χ4v) is 3.05. The van der Waals surface area contributed by atoms with Crippen LogP contribution in [0.15, 0.2) is 36.4 Å². The zero-order valence-electron chi connectivity index (χ0n) is 16.2. The molecule has 0 amide bonds. The van der Waals surface area contributed by atoms with Crippen LogP contribution in [0.4, 0.5) is 0 Å². The normalized spacial score (nSPS) is 13.5. The number of rotatable bonds is 12. The van der Waals surface area contributed by atoms with E-state index in [4.69, 9.17) is 14.2 Å². The second-order valence-electron chi connectivity index (χ2n) is 6.73. The zero-order chi connectivity index (χ0) is 18.8. The van der Waals surface area contributed by atoms with Crippen molar-refractivity contribution in [2.24, 2.45) is 5.92 Å². The van der Waals surface area contributed by atoms with Gasteiger partial charge in [-0.15, -0.1) is 0 Å². The van der Waals surface area contributed by atoms with Crippen molar-refractivity contribution in [2.45, 2.75) is 45.6 Å². The van der Waals surface area contributed by atoms with E-state index < -0.39 is 6.10 Å². The van der Waals surface area contributed by atoms with Crippen molar-refractivity contribution in [1.82, 2.24) is 0 Å². The van der Waals surface area contributed by atoms with Crippen molar-refractivity contribution in [3.05, 3.63) is 36.4 Å². The number of benzene rings is 2. The first-order valence-electron chi connectivity index (χ1n) is 9.63. The topological polar surface area (TPSA) is 47.9 Å². The predicted octanol–water partition coefficient (Wildman–Crippen LogP) is 4.82. The molecule has 2 atom stereocenters. The Hall–Kier alpha value is -1.78. The van der Waals surface area contributed by atoms with Crippen LogP contribution in [0.3, 0.4) is 0 Å². The average molecular weight is 360 g/mol. The van der Waals surface area contributed by atoms with E-state index in [1.807, 2.05) is 36.4 Å². The van der Waals surface area contributed by atoms with Crippen molar-refractivity contribution in [3.63, 3.8) is 0 Å². The van der Waals surface area contributed by atoms with E-state index in [9.17, 15) is 5.11 Å². The molecule has 2 rings (SSSR count). The molecule has 2 unspecified atom stereocenters. The number of hydrogen-bond donors (Lipinski definition) is 1. The van der Waals surface area contributed by atoms with E-state index in [1.54, 1.807) is 7.11 Å². The van der Waals surface area contributed by atoms with Gasteiger partial charge in [0.05, 0.1) is 13.7 Å². The van der Waals surface area contributed by atoms with Crippen molar-refractivity contribution in [1.29, 1.82) is 0 Å². The lowest BCUT2D eigenvalue weighted by Gasteiger charge is -2.18. The summed E-state index contributed by atoms with van der Waals surface area (Å²) in [6.07, 6.45) is 4.11. The summed E-state index contributed by atoms with van der Waals surface area (Å²) >= 11 is 0. The zero-order valence-corrected chi connectivity index (χ0v) is 16.2. The quantitative estimate of drug-likeness (QED) is 0.589. The third-order valence-electron chi connectivity index (χ3n) is 4.70. The van der Waals surface area contributed by atoms with Gasteiger partial charge in [-0.25, -0.2) is 0 Å². The van der Waals surface area contributed by atoms with Gasteiger partial charge in [0.1, 0.15) is 24.2 Å². The molecule has 4 heteroatoms. The molecule has 0 heterocycles. The Balaban J connectivity index is 1.84. The molecule has 0 aliphatic heterocycles. The fraction of sp³-hybridized carbons (Fsp3) is 0.545. The number of ether oxygens (including phenoxy) is 3. The molecule has 26 heavy (non-hydrogen) atoms. The summed E-state index contributed by atoms with van der Waals surface area (Å²) in [5, 5.41) is 12.1. The summed E-state index contributed by atoms with van der Waals surface area (Å²) in [6.45, 7) is 5.62. The molecule has 0 fully saturated rings. The van der Waals surface area contributed by atoms with Crippen molar-refractivity contribution < 1.29 is 19.3 Å². The summed E-state index contributed by atoms with van der Waals surface area (Å²) in [5.74, 6) is 2.14. The minimum absolute atomic E-state index is 0.210. The minimum Gasteiger partial charge on any atom is -0.496 e. The second kappa shape index (κ2) is 11.0. The molecule has 2 aromatic carbocycles. The highest BCUT2D eigenvalue weighted by Crippen LogP contribution is 2.32. The van der Waals surface area contributed by atoms with Gasteiger partial charge in [-0.3, -0.25) is 0 Å². The SMILES string of the molecule is CCCCC(CC)COCC(O)COc1ccc(OC)c2ccccc12. The maximum absolute atomic E-state index is 10.2. The number of hydrogen-bond acceptors (Lipinski definition) is 4. The van der Waals surface area contributed by atoms with Gasteiger partial charge in [-0.1, -0.05) is 57.4 Å². The first kappa shape index (κ1) is 20.5. The molecular weight excluding hydrogens is 328 g/mol. The van der Waals surface area contributed by atoms with Gasteiger partial charge < -0.3 is 19.3 Å². The second-order valence-corrected chi connectivity index (χ2v) is 6.73.